The summed E-state index contributed by atoms with van der Waals surface area (Å²) in [6.45, 7) is 6.67. The summed E-state index contributed by atoms with van der Waals surface area (Å²) >= 11 is 0. The Kier molecular flexibility index (Phi) is 3.09. The number of hydrogen-bond acceptors (Lipinski definition) is 3. The lowest BCUT2D eigenvalue weighted by atomic mass is 10.1. The number of carbonyl (C=O) groups is 1. The summed E-state index contributed by atoms with van der Waals surface area (Å²) in [6, 6.07) is 0. The van der Waals surface area contributed by atoms with E-state index in [-0.39, 0.29) is 5.97 Å². The molecular weight excluding hydrogens is 168 g/mol. The molecule has 0 bridgehead atoms. The van der Waals surface area contributed by atoms with Crippen molar-refractivity contribution in [2.24, 2.45) is 0 Å². The lowest BCUT2D eigenvalue weighted by Crippen LogP contribution is -2.32. The van der Waals surface area contributed by atoms with Gasteiger partial charge in [-0.3, -0.25) is 0 Å². The van der Waals surface area contributed by atoms with Crippen molar-refractivity contribution < 1.29 is 14.3 Å². The first-order chi connectivity index (χ1) is 6.07. The second-order valence-corrected chi connectivity index (χ2v) is 3.61. The van der Waals surface area contributed by atoms with Crippen LogP contribution in [0.5, 0.6) is 0 Å². The summed E-state index contributed by atoms with van der Waals surface area (Å²) in [5, 5.41) is 0. The van der Waals surface area contributed by atoms with E-state index < -0.39 is 5.60 Å². The first kappa shape index (κ1) is 10.3. The predicted octanol–water partition coefficient (Wildman–Crippen LogP) is 1.67. The van der Waals surface area contributed by atoms with E-state index in [2.05, 4.69) is 0 Å². The fourth-order valence-corrected chi connectivity index (χ4v) is 1.15. The number of rotatable bonds is 2. The third kappa shape index (κ3) is 2.56. The third-order valence-electron chi connectivity index (χ3n) is 2.28. The molecule has 1 fully saturated rings. The van der Waals surface area contributed by atoms with Gasteiger partial charge in [-0.05, 0) is 20.8 Å². The lowest BCUT2D eigenvalue weighted by molar-refractivity contribution is -0.152. The summed E-state index contributed by atoms with van der Waals surface area (Å²) in [7, 11) is 0. The van der Waals surface area contributed by atoms with Crippen molar-refractivity contribution in [1.82, 2.24) is 0 Å². The van der Waals surface area contributed by atoms with Crippen molar-refractivity contribution in [2.45, 2.75) is 32.8 Å². The Hall–Kier alpha value is -0.830. The van der Waals surface area contributed by atoms with Crippen molar-refractivity contribution in [1.29, 1.82) is 0 Å². The Morgan fingerprint density at radius 1 is 1.62 bits per heavy atom. The van der Waals surface area contributed by atoms with E-state index in [1.54, 1.807) is 13.0 Å². The van der Waals surface area contributed by atoms with Crippen LogP contribution in [0.15, 0.2) is 11.6 Å². The van der Waals surface area contributed by atoms with Crippen molar-refractivity contribution in [3.05, 3.63) is 11.6 Å². The molecule has 13 heavy (non-hydrogen) atoms. The van der Waals surface area contributed by atoms with Gasteiger partial charge in [-0.2, -0.15) is 0 Å². The van der Waals surface area contributed by atoms with Crippen LogP contribution >= 0.6 is 0 Å². The van der Waals surface area contributed by atoms with Crippen LogP contribution in [-0.4, -0.2) is 24.8 Å². The second-order valence-electron chi connectivity index (χ2n) is 3.61. The summed E-state index contributed by atoms with van der Waals surface area (Å²) in [4.78, 5) is 11.4. The van der Waals surface area contributed by atoms with Crippen molar-refractivity contribution >= 4 is 5.97 Å². The zero-order valence-electron chi connectivity index (χ0n) is 8.42. The lowest BCUT2D eigenvalue weighted by Gasteiger charge is -2.22. The van der Waals surface area contributed by atoms with Gasteiger partial charge in [0.2, 0.25) is 0 Å². The Labute approximate surface area is 78.7 Å². The summed E-state index contributed by atoms with van der Waals surface area (Å²) in [5.41, 5.74) is 0.231. The highest BCUT2D eigenvalue weighted by Gasteiger charge is 2.33. The number of allylic oxidation sites excluding steroid dienone is 1. The smallest absolute Gasteiger partial charge is 0.334 e. The van der Waals surface area contributed by atoms with Crippen molar-refractivity contribution in [3.8, 4) is 0 Å². The van der Waals surface area contributed by atoms with Crippen LogP contribution in [-0.2, 0) is 14.3 Å². The minimum atomic E-state index is -0.415. The van der Waals surface area contributed by atoms with Crippen molar-refractivity contribution in [2.75, 3.05) is 13.2 Å². The van der Waals surface area contributed by atoms with Crippen LogP contribution < -0.4 is 0 Å². The van der Waals surface area contributed by atoms with E-state index in [4.69, 9.17) is 9.47 Å². The molecular formula is C10H16O3. The van der Waals surface area contributed by atoms with Gasteiger partial charge in [-0.1, -0.05) is 6.08 Å². The summed E-state index contributed by atoms with van der Waals surface area (Å²) in [5.74, 6) is -0.240. The molecule has 0 saturated carbocycles. The van der Waals surface area contributed by atoms with Gasteiger partial charge < -0.3 is 9.47 Å². The molecule has 0 aliphatic carbocycles. The van der Waals surface area contributed by atoms with Gasteiger partial charge >= 0.3 is 5.97 Å². The maximum Gasteiger partial charge on any atom is 0.334 e. The Morgan fingerprint density at radius 2 is 2.31 bits per heavy atom. The van der Waals surface area contributed by atoms with Crippen LogP contribution in [0.1, 0.15) is 27.2 Å². The first-order valence-corrected chi connectivity index (χ1v) is 4.51. The van der Waals surface area contributed by atoms with Crippen LogP contribution in [0.25, 0.3) is 0 Å². The highest BCUT2D eigenvalue weighted by Crippen LogP contribution is 2.23. The van der Waals surface area contributed by atoms with Crippen LogP contribution in [0.4, 0.5) is 0 Å². The van der Waals surface area contributed by atoms with Crippen LogP contribution in [0.2, 0.25) is 0 Å². The number of carbonyl (C=O) groups excluding carboxylic acids is 1. The van der Waals surface area contributed by atoms with Gasteiger partial charge in [0, 0.05) is 12.0 Å². The molecule has 1 aliphatic rings. The van der Waals surface area contributed by atoms with Gasteiger partial charge in [0.25, 0.3) is 0 Å². The second kappa shape index (κ2) is 3.92. The molecule has 0 aromatic rings. The van der Waals surface area contributed by atoms with Crippen LogP contribution in [0.3, 0.4) is 0 Å². The fraction of sp³-hybridized carbons (Fsp3) is 0.700. The Morgan fingerprint density at radius 3 is 2.77 bits per heavy atom. The fourth-order valence-electron chi connectivity index (χ4n) is 1.15. The molecule has 1 atom stereocenters. The molecule has 0 N–H and O–H groups in total. The summed E-state index contributed by atoms with van der Waals surface area (Å²) < 4.78 is 10.5. The van der Waals surface area contributed by atoms with Gasteiger partial charge in [0.15, 0.2) is 0 Å². The molecule has 0 radical (unpaired) electrons. The zero-order valence-corrected chi connectivity index (χ0v) is 8.42. The van der Waals surface area contributed by atoms with Crippen LogP contribution in [0, 0.1) is 0 Å². The molecule has 0 aromatic heterocycles. The van der Waals surface area contributed by atoms with E-state index in [0.29, 0.717) is 18.8 Å². The minimum Gasteiger partial charge on any atom is -0.453 e. The number of esters is 1. The topological polar surface area (TPSA) is 35.5 Å². The molecule has 0 spiro atoms. The first-order valence-electron chi connectivity index (χ1n) is 4.51. The van der Waals surface area contributed by atoms with Crippen molar-refractivity contribution in [3.63, 3.8) is 0 Å². The van der Waals surface area contributed by atoms with Gasteiger partial charge in [-0.15, -0.1) is 0 Å². The average Bonchev–Trinajstić information content (AvgIpc) is 2.50. The molecule has 0 aromatic carbocycles. The minimum absolute atomic E-state index is 0.240. The van der Waals surface area contributed by atoms with E-state index in [1.807, 2.05) is 13.8 Å². The maximum atomic E-state index is 11.4. The molecule has 74 valence electrons. The van der Waals surface area contributed by atoms with Gasteiger partial charge in [-0.25, -0.2) is 4.79 Å². The molecule has 0 amide bonds. The zero-order chi connectivity index (χ0) is 9.90. The Balaban J connectivity index is 2.53. The largest absolute Gasteiger partial charge is 0.453 e. The molecule has 1 rings (SSSR count). The molecule has 1 saturated heterocycles. The van der Waals surface area contributed by atoms with E-state index >= 15 is 0 Å². The normalized spacial score (nSPS) is 29.0. The SMILES string of the molecule is C/C=C(/C)C(=O)OC1(C)CCOC1. The Bertz CT molecular complexity index is 224. The van der Waals surface area contributed by atoms with E-state index in [0.717, 1.165) is 6.42 Å². The number of ether oxygens (including phenoxy) is 2. The van der Waals surface area contributed by atoms with Gasteiger partial charge in [0.05, 0.1) is 13.2 Å². The highest BCUT2D eigenvalue weighted by molar-refractivity contribution is 5.87. The van der Waals surface area contributed by atoms with E-state index in [9.17, 15) is 4.79 Å². The molecule has 1 aliphatic heterocycles. The van der Waals surface area contributed by atoms with E-state index in [1.165, 1.54) is 0 Å². The standard InChI is InChI=1S/C10H16O3/c1-4-8(2)9(11)13-10(3)5-6-12-7-10/h4H,5-7H2,1-3H3/b8-4-. The maximum absolute atomic E-state index is 11.4. The predicted molar refractivity (Wildman–Crippen MR) is 49.4 cm³/mol. The molecule has 1 heterocycles. The highest BCUT2D eigenvalue weighted by atomic mass is 16.6. The number of hydrogen-bond donors (Lipinski definition) is 0. The average molecular weight is 184 g/mol. The molecule has 3 nitrogen and oxygen atoms in total. The molecule has 3 heteroatoms. The molecule has 1 unspecified atom stereocenters. The third-order valence-corrected chi connectivity index (χ3v) is 2.28. The monoisotopic (exact) mass is 184 g/mol. The van der Waals surface area contributed by atoms with Gasteiger partial charge in [0.1, 0.15) is 5.60 Å². The summed E-state index contributed by atoms with van der Waals surface area (Å²) in [6.07, 6.45) is 2.54. The quantitative estimate of drug-likeness (QED) is 0.484.